The van der Waals surface area contributed by atoms with Gasteiger partial charge in [-0.1, -0.05) is 29.3 Å². The molecular formula is C18H20ClNO4S. The molecule has 0 fully saturated rings. The molecule has 5 nitrogen and oxygen atoms in total. The fraction of sp³-hybridized carbons (Fsp3) is 0.278. The zero-order chi connectivity index (χ0) is 18.6. The van der Waals surface area contributed by atoms with Gasteiger partial charge in [-0.15, -0.1) is 0 Å². The van der Waals surface area contributed by atoms with Crippen molar-refractivity contribution < 1.29 is 17.9 Å². The van der Waals surface area contributed by atoms with Crippen LogP contribution in [0.3, 0.4) is 0 Å². The van der Waals surface area contributed by atoms with E-state index in [-0.39, 0.29) is 10.9 Å². The number of aryl methyl sites for hydroxylation is 1. The second-order valence-electron chi connectivity index (χ2n) is 5.75. The molecule has 1 amide bonds. The lowest BCUT2D eigenvalue weighted by atomic mass is 10.0. The summed E-state index contributed by atoms with van der Waals surface area (Å²) in [6.07, 6.45) is 0. The maximum Gasteiger partial charge on any atom is 0.236 e. The molecule has 134 valence electrons. The Kier molecular flexibility index (Phi) is 6.08. The molecule has 0 heterocycles. The number of rotatable bonds is 6. The lowest BCUT2D eigenvalue weighted by Gasteiger charge is -2.18. The summed E-state index contributed by atoms with van der Waals surface area (Å²) in [4.78, 5) is 12.3. The van der Waals surface area contributed by atoms with Crippen LogP contribution in [0.2, 0.25) is 5.02 Å². The Labute approximate surface area is 152 Å². The van der Waals surface area contributed by atoms with Crippen molar-refractivity contribution in [1.29, 1.82) is 0 Å². The Bertz CT molecular complexity index is 863. The van der Waals surface area contributed by atoms with Crippen molar-refractivity contribution in [3.63, 3.8) is 0 Å². The minimum absolute atomic E-state index is 0.0628. The SMILES string of the molecule is COc1ccc(C)cc1C(C)NC(=O)CS(=O)(=O)c1ccc(Cl)cc1. The highest BCUT2D eigenvalue weighted by Crippen LogP contribution is 2.26. The fourth-order valence-corrected chi connectivity index (χ4v) is 3.72. The van der Waals surface area contributed by atoms with Gasteiger partial charge in [0, 0.05) is 10.6 Å². The van der Waals surface area contributed by atoms with Crippen LogP contribution in [0, 0.1) is 6.92 Å². The quantitative estimate of drug-likeness (QED) is 0.833. The summed E-state index contributed by atoms with van der Waals surface area (Å²) >= 11 is 5.76. The van der Waals surface area contributed by atoms with Gasteiger partial charge in [0.15, 0.2) is 9.84 Å². The first kappa shape index (κ1) is 19.3. The fourth-order valence-electron chi connectivity index (χ4n) is 2.45. The van der Waals surface area contributed by atoms with Gasteiger partial charge in [-0.25, -0.2) is 8.42 Å². The summed E-state index contributed by atoms with van der Waals surface area (Å²) in [5, 5.41) is 3.15. The average molecular weight is 382 g/mol. The Hall–Kier alpha value is -2.05. The smallest absolute Gasteiger partial charge is 0.236 e. The van der Waals surface area contributed by atoms with Crippen molar-refractivity contribution in [2.45, 2.75) is 24.8 Å². The molecule has 1 atom stereocenters. The summed E-state index contributed by atoms with van der Waals surface area (Å²) < 4.78 is 29.9. The van der Waals surface area contributed by atoms with Gasteiger partial charge in [0.25, 0.3) is 0 Å². The molecule has 0 aliphatic heterocycles. The van der Waals surface area contributed by atoms with Crippen LogP contribution in [0.25, 0.3) is 0 Å². The second kappa shape index (κ2) is 7.89. The number of hydrogen-bond acceptors (Lipinski definition) is 4. The maximum atomic E-state index is 12.3. The topological polar surface area (TPSA) is 72.5 Å². The lowest BCUT2D eigenvalue weighted by Crippen LogP contribution is -2.32. The van der Waals surface area contributed by atoms with Crippen molar-refractivity contribution in [3.05, 3.63) is 58.6 Å². The van der Waals surface area contributed by atoms with E-state index >= 15 is 0 Å². The van der Waals surface area contributed by atoms with E-state index in [2.05, 4.69) is 5.32 Å². The summed E-state index contributed by atoms with van der Waals surface area (Å²) in [7, 11) is -2.18. The zero-order valence-corrected chi connectivity index (χ0v) is 15.8. The van der Waals surface area contributed by atoms with Crippen LogP contribution >= 0.6 is 11.6 Å². The average Bonchev–Trinajstić information content (AvgIpc) is 2.54. The minimum atomic E-state index is -3.73. The molecule has 25 heavy (non-hydrogen) atoms. The number of carbonyl (C=O) groups excluding carboxylic acids is 1. The van der Waals surface area contributed by atoms with Crippen LogP contribution in [0.1, 0.15) is 24.1 Å². The van der Waals surface area contributed by atoms with Gasteiger partial charge in [-0.05, 0) is 44.2 Å². The third-order valence-corrected chi connectivity index (χ3v) is 5.61. The largest absolute Gasteiger partial charge is 0.496 e. The molecule has 0 saturated heterocycles. The van der Waals surface area contributed by atoms with Crippen LogP contribution in [0.5, 0.6) is 5.75 Å². The van der Waals surface area contributed by atoms with E-state index < -0.39 is 21.5 Å². The zero-order valence-electron chi connectivity index (χ0n) is 14.2. The Balaban J connectivity index is 2.12. The number of amides is 1. The Morgan fingerprint density at radius 3 is 2.44 bits per heavy atom. The van der Waals surface area contributed by atoms with Gasteiger partial charge in [0.05, 0.1) is 18.0 Å². The third kappa shape index (κ3) is 4.96. The van der Waals surface area contributed by atoms with Crippen LogP contribution in [-0.4, -0.2) is 27.2 Å². The van der Waals surface area contributed by atoms with Crippen LogP contribution in [-0.2, 0) is 14.6 Å². The van der Waals surface area contributed by atoms with E-state index in [4.69, 9.17) is 16.3 Å². The predicted molar refractivity (Wildman–Crippen MR) is 97.8 cm³/mol. The summed E-state index contributed by atoms with van der Waals surface area (Å²) in [5.74, 6) is -0.572. The van der Waals surface area contributed by atoms with Gasteiger partial charge in [-0.2, -0.15) is 0 Å². The molecule has 0 radical (unpaired) electrons. The first-order valence-electron chi connectivity index (χ1n) is 7.65. The standard InChI is InChI=1S/C18H20ClNO4S/c1-12-4-9-17(24-3)16(10-12)13(2)20-18(21)11-25(22,23)15-7-5-14(19)6-8-15/h4-10,13H,11H2,1-3H3,(H,20,21). The predicted octanol–water partition coefficient (Wildman–Crippen LogP) is 3.31. The first-order chi connectivity index (χ1) is 11.7. The molecule has 0 aromatic heterocycles. The van der Waals surface area contributed by atoms with Gasteiger partial charge in [0.1, 0.15) is 11.5 Å². The molecule has 2 rings (SSSR count). The lowest BCUT2D eigenvalue weighted by molar-refractivity contribution is -0.119. The van der Waals surface area contributed by atoms with Gasteiger partial charge >= 0.3 is 0 Å². The van der Waals surface area contributed by atoms with Crippen molar-refractivity contribution in [2.24, 2.45) is 0 Å². The van der Waals surface area contributed by atoms with E-state index in [1.54, 1.807) is 14.0 Å². The molecular weight excluding hydrogens is 362 g/mol. The van der Waals surface area contributed by atoms with E-state index in [9.17, 15) is 13.2 Å². The highest BCUT2D eigenvalue weighted by Gasteiger charge is 2.21. The highest BCUT2D eigenvalue weighted by atomic mass is 35.5. The first-order valence-corrected chi connectivity index (χ1v) is 9.68. The van der Waals surface area contributed by atoms with E-state index in [0.717, 1.165) is 11.1 Å². The molecule has 0 aliphatic rings. The molecule has 0 aliphatic carbocycles. The number of sulfone groups is 1. The van der Waals surface area contributed by atoms with E-state index in [0.29, 0.717) is 10.8 Å². The van der Waals surface area contributed by atoms with Crippen molar-refractivity contribution >= 4 is 27.3 Å². The minimum Gasteiger partial charge on any atom is -0.496 e. The van der Waals surface area contributed by atoms with Crippen LogP contribution < -0.4 is 10.1 Å². The van der Waals surface area contributed by atoms with E-state index in [1.165, 1.54) is 24.3 Å². The molecule has 1 N–H and O–H groups in total. The molecule has 2 aromatic carbocycles. The van der Waals surface area contributed by atoms with Crippen molar-refractivity contribution in [1.82, 2.24) is 5.32 Å². The van der Waals surface area contributed by atoms with Crippen LogP contribution in [0.4, 0.5) is 0 Å². The van der Waals surface area contributed by atoms with Gasteiger partial charge in [-0.3, -0.25) is 4.79 Å². The molecule has 0 bridgehead atoms. The molecule has 2 aromatic rings. The van der Waals surface area contributed by atoms with Crippen molar-refractivity contribution in [2.75, 3.05) is 12.9 Å². The molecule has 7 heteroatoms. The van der Waals surface area contributed by atoms with Crippen LogP contribution in [0.15, 0.2) is 47.4 Å². The Morgan fingerprint density at radius 2 is 1.84 bits per heavy atom. The van der Waals surface area contributed by atoms with E-state index in [1.807, 2.05) is 25.1 Å². The maximum absolute atomic E-state index is 12.3. The van der Waals surface area contributed by atoms with Crippen molar-refractivity contribution in [3.8, 4) is 5.75 Å². The number of methoxy groups -OCH3 is 1. The number of halogens is 1. The Morgan fingerprint density at radius 1 is 1.20 bits per heavy atom. The number of hydrogen-bond donors (Lipinski definition) is 1. The summed E-state index contributed by atoms with van der Waals surface area (Å²) in [6, 6.07) is 11.0. The summed E-state index contributed by atoms with van der Waals surface area (Å²) in [5.41, 5.74) is 1.81. The second-order valence-corrected chi connectivity index (χ2v) is 8.17. The summed E-state index contributed by atoms with van der Waals surface area (Å²) in [6.45, 7) is 3.71. The van der Waals surface area contributed by atoms with Gasteiger partial charge in [0.2, 0.25) is 5.91 Å². The monoisotopic (exact) mass is 381 g/mol. The molecule has 1 unspecified atom stereocenters. The normalized spacial score (nSPS) is 12.5. The number of ether oxygens (including phenoxy) is 1. The number of carbonyl (C=O) groups is 1. The number of nitrogens with one attached hydrogen (secondary N) is 1. The highest BCUT2D eigenvalue weighted by molar-refractivity contribution is 7.92. The molecule has 0 saturated carbocycles. The van der Waals surface area contributed by atoms with Gasteiger partial charge < -0.3 is 10.1 Å². The molecule has 0 spiro atoms. The number of benzene rings is 2. The third-order valence-electron chi connectivity index (χ3n) is 3.72.